The Labute approximate surface area is 117 Å². The summed E-state index contributed by atoms with van der Waals surface area (Å²) in [4.78, 5) is 5.55. The van der Waals surface area contributed by atoms with Gasteiger partial charge in [0.1, 0.15) is 23.7 Å². The monoisotopic (exact) mass is 275 g/mol. The molecule has 3 rings (SSSR count). The van der Waals surface area contributed by atoms with E-state index in [1.165, 1.54) is 4.90 Å². The minimum atomic E-state index is -0.198. The number of rotatable bonds is 3. The average molecular weight is 275 g/mol. The highest BCUT2D eigenvalue weighted by Crippen LogP contribution is 2.37. The summed E-state index contributed by atoms with van der Waals surface area (Å²) in [5, 5.41) is 0. The van der Waals surface area contributed by atoms with Crippen LogP contribution in [0.1, 0.15) is 18.8 Å². The van der Waals surface area contributed by atoms with Gasteiger partial charge in [0.25, 0.3) is 0 Å². The lowest BCUT2D eigenvalue weighted by Crippen LogP contribution is -2.37. The van der Waals surface area contributed by atoms with Gasteiger partial charge in [-0.05, 0) is 19.1 Å². The number of aromatic nitrogens is 2. The van der Waals surface area contributed by atoms with Gasteiger partial charge < -0.3 is 15.0 Å². The van der Waals surface area contributed by atoms with E-state index in [9.17, 15) is 0 Å². The number of nitrogens with zero attached hydrogens (tertiary/aromatic N) is 2. The van der Waals surface area contributed by atoms with Crippen molar-refractivity contribution in [1.29, 1.82) is 0 Å². The van der Waals surface area contributed by atoms with Gasteiger partial charge in [0.05, 0.1) is 0 Å². The molecule has 0 spiro atoms. The van der Waals surface area contributed by atoms with Gasteiger partial charge in [-0.25, -0.2) is 4.98 Å². The van der Waals surface area contributed by atoms with Crippen molar-refractivity contribution in [3.63, 3.8) is 0 Å². The van der Waals surface area contributed by atoms with Crippen molar-refractivity contribution in [2.45, 2.75) is 30.5 Å². The van der Waals surface area contributed by atoms with Gasteiger partial charge in [0, 0.05) is 29.6 Å². The Kier molecular flexibility index (Phi) is 3.48. The number of thioether (sulfide) groups is 1. The second-order valence-electron chi connectivity index (χ2n) is 4.51. The van der Waals surface area contributed by atoms with Crippen LogP contribution in [0.5, 0.6) is 5.75 Å². The SMILES string of the molecule is CCn1ccnc1C(N)C1CSc2ccccc2O1. The summed E-state index contributed by atoms with van der Waals surface area (Å²) in [5.41, 5.74) is 6.33. The smallest absolute Gasteiger partial charge is 0.133 e. The molecule has 0 fully saturated rings. The standard InChI is InChI=1S/C14H17N3OS/c1-2-17-8-7-16-14(17)13(15)11-9-19-12-6-4-3-5-10(12)18-11/h3-8,11,13H,2,9,15H2,1H3. The van der Waals surface area contributed by atoms with Crippen molar-refractivity contribution >= 4 is 11.8 Å². The summed E-state index contributed by atoms with van der Waals surface area (Å²) >= 11 is 1.79. The molecule has 0 amide bonds. The topological polar surface area (TPSA) is 53.1 Å². The third-order valence-electron chi connectivity index (χ3n) is 3.32. The number of para-hydroxylation sites is 1. The van der Waals surface area contributed by atoms with E-state index in [2.05, 4.69) is 22.5 Å². The maximum absolute atomic E-state index is 6.33. The van der Waals surface area contributed by atoms with Crippen LogP contribution in [0.2, 0.25) is 0 Å². The minimum absolute atomic E-state index is 0.0346. The van der Waals surface area contributed by atoms with Gasteiger partial charge >= 0.3 is 0 Å². The molecule has 2 unspecified atom stereocenters. The van der Waals surface area contributed by atoms with Gasteiger partial charge in [-0.1, -0.05) is 12.1 Å². The number of imidazole rings is 1. The van der Waals surface area contributed by atoms with E-state index >= 15 is 0 Å². The lowest BCUT2D eigenvalue weighted by atomic mass is 10.1. The highest BCUT2D eigenvalue weighted by atomic mass is 32.2. The van der Waals surface area contributed by atoms with Gasteiger partial charge in [0.15, 0.2) is 0 Å². The fourth-order valence-electron chi connectivity index (χ4n) is 2.26. The first kappa shape index (κ1) is 12.6. The molecular weight excluding hydrogens is 258 g/mol. The van der Waals surface area contributed by atoms with Crippen LogP contribution >= 0.6 is 11.8 Å². The third-order valence-corrected chi connectivity index (χ3v) is 4.46. The number of ether oxygens (including phenoxy) is 1. The molecule has 2 atom stereocenters. The molecule has 2 aromatic rings. The summed E-state index contributed by atoms with van der Waals surface area (Å²) in [7, 11) is 0. The Morgan fingerprint density at radius 1 is 1.53 bits per heavy atom. The van der Waals surface area contributed by atoms with Crippen LogP contribution in [0, 0.1) is 0 Å². The highest BCUT2D eigenvalue weighted by Gasteiger charge is 2.29. The molecule has 1 aromatic carbocycles. The first-order valence-electron chi connectivity index (χ1n) is 6.44. The molecule has 1 aliphatic heterocycles. The third kappa shape index (κ3) is 2.35. The van der Waals surface area contributed by atoms with Crippen LogP contribution in [-0.2, 0) is 6.54 Å². The second-order valence-corrected chi connectivity index (χ2v) is 5.57. The Morgan fingerprint density at radius 3 is 3.21 bits per heavy atom. The van der Waals surface area contributed by atoms with E-state index in [-0.39, 0.29) is 12.1 Å². The Hall–Kier alpha value is -1.46. The lowest BCUT2D eigenvalue weighted by molar-refractivity contribution is 0.180. The zero-order valence-corrected chi connectivity index (χ0v) is 11.6. The normalized spacial score (nSPS) is 19.6. The van der Waals surface area contributed by atoms with E-state index in [1.54, 1.807) is 18.0 Å². The number of aryl methyl sites for hydroxylation is 1. The zero-order valence-electron chi connectivity index (χ0n) is 10.8. The quantitative estimate of drug-likeness (QED) is 0.935. The molecule has 0 saturated heterocycles. The first-order chi connectivity index (χ1) is 9.29. The predicted molar refractivity (Wildman–Crippen MR) is 76.4 cm³/mol. The van der Waals surface area contributed by atoms with Crippen LogP contribution in [0.15, 0.2) is 41.6 Å². The molecule has 0 aliphatic carbocycles. The van der Waals surface area contributed by atoms with Crippen LogP contribution in [0.3, 0.4) is 0 Å². The van der Waals surface area contributed by atoms with Gasteiger partial charge in [-0.15, -0.1) is 11.8 Å². The van der Waals surface area contributed by atoms with Gasteiger partial charge in [-0.2, -0.15) is 0 Å². The van der Waals surface area contributed by atoms with Gasteiger partial charge in [0.2, 0.25) is 0 Å². The van der Waals surface area contributed by atoms with E-state index in [0.717, 1.165) is 23.9 Å². The number of hydrogen-bond acceptors (Lipinski definition) is 4. The fraction of sp³-hybridized carbons (Fsp3) is 0.357. The first-order valence-corrected chi connectivity index (χ1v) is 7.43. The van der Waals surface area contributed by atoms with E-state index in [1.807, 2.05) is 24.4 Å². The maximum atomic E-state index is 6.33. The molecule has 4 nitrogen and oxygen atoms in total. The largest absolute Gasteiger partial charge is 0.486 e. The summed E-state index contributed by atoms with van der Waals surface area (Å²) in [5.74, 6) is 2.68. The summed E-state index contributed by atoms with van der Waals surface area (Å²) in [6.45, 7) is 2.96. The number of hydrogen-bond donors (Lipinski definition) is 1. The highest BCUT2D eigenvalue weighted by molar-refractivity contribution is 7.99. The van der Waals surface area contributed by atoms with Crippen LogP contribution in [-0.4, -0.2) is 21.4 Å². The van der Waals surface area contributed by atoms with Crippen LogP contribution in [0.25, 0.3) is 0 Å². The van der Waals surface area contributed by atoms with E-state index in [0.29, 0.717) is 0 Å². The molecule has 100 valence electrons. The molecule has 0 bridgehead atoms. The Balaban J connectivity index is 1.81. The number of benzene rings is 1. The van der Waals surface area contributed by atoms with Crippen molar-refractivity contribution in [3.05, 3.63) is 42.5 Å². The van der Waals surface area contributed by atoms with Gasteiger partial charge in [-0.3, -0.25) is 0 Å². The zero-order chi connectivity index (χ0) is 13.2. The molecule has 19 heavy (non-hydrogen) atoms. The molecule has 2 heterocycles. The minimum Gasteiger partial charge on any atom is -0.486 e. The van der Waals surface area contributed by atoms with E-state index < -0.39 is 0 Å². The maximum Gasteiger partial charge on any atom is 0.133 e. The van der Waals surface area contributed by atoms with Crippen molar-refractivity contribution in [1.82, 2.24) is 9.55 Å². The van der Waals surface area contributed by atoms with Crippen molar-refractivity contribution in [2.75, 3.05) is 5.75 Å². The van der Waals surface area contributed by atoms with Crippen molar-refractivity contribution in [2.24, 2.45) is 5.73 Å². The summed E-state index contributed by atoms with van der Waals surface area (Å²) < 4.78 is 8.09. The number of nitrogens with two attached hydrogens (primary N) is 1. The number of fused-ring (bicyclic) bond motifs is 1. The van der Waals surface area contributed by atoms with Crippen molar-refractivity contribution in [3.8, 4) is 5.75 Å². The molecule has 0 radical (unpaired) electrons. The molecule has 2 N–H and O–H groups in total. The molecule has 0 saturated carbocycles. The van der Waals surface area contributed by atoms with Crippen molar-refractivity contribution < 1.29 is 4.74 Å². The average Bonchev–Trinajstić information content (AvgIpc) is 2.94. The summed E-state index contributed by atoms with van der Waals surface area (Å²) in [6, 6.07) is 7.89. The van der Waals surface area contributed by atoms with E-state index in [4.69, 9.17) is 10.5 Å². The molecule has 5 heteroatoms. The molecular formula is C14H17N3OS. The van der Waals surface area contributed by atoms with Crippen LogP contribution < -0.4 is 10.5 Å². The lowest BCUT2D eigenvalue weighted by Gasteiger charge is -2.29. The summed E-state index contributed by atoms with van der Waals surface area (Å²) in [6.07, 6.45) is 3.72. The molecule has 1 aliphatic rings. The predicted octanol–water partition coefficient (Wildman–Crippen LogP) is 2.46. The molecule has 1 aromatic heterocycles. The van der Waals surface area contributed by atoms with Crippen LogP contribution in [0.4, 0.5) is 0 Å². The second kappa shape index (κ2) is 5.27. The fourth-order valence-corrected chi connectivity index (χ4v) is 3.32. The Bertz CT molecular complexity index is 569. The Morgan fingerprint density at radius 2 is 2.37 bits per heavy atom.